The Bertz CT molecular complexity index is 759. The highest BCUT2D eigenvalue weighted by atomic mass is 32.1. The summed E-state index contributed by atoms with van der Waals surface area (Å²) in [6, 6.07) is 0. The number of thiophene rings is 1. The van der Waals surface area contributed by atoms with Gasteiger partial charge >= 0.3 is 5.69 Å². The van der Waals surface area contributed by atoms with Gasteiger partial charge in [-0.25, -0.2) is 4.79 Å². The molecule has 0 bridgehead atoms. The van der Waals surface area contributed by atoms with Gasteiger partial charge in [-0.3, -0.25) is 19.1 Å². The molecule has 0 unspecified atom stereocenters. The summed E-state index contributed by atoms with van der Waals surface area (Å²) in [6.07, 6.45) is 0.714. The van der Waals surface area contributed by atoms with Crippen LogP contribution < -0.4 is 11.2 Å². The highest BCUT2D eigenvalue weighted by Gasteiger charge is 2.19. The predicted molar refractivity (Wildman–Crippen MR) is 76.3 cm³/mol. The number of hydrogen-bond donors (Lipinski definition) is 1. The van der Waals surface area contributed by atoms with Crippen LogP contribution in [0.25, 0.3) is 10.2 Å². The Hall–Kier alpha value is -1.69. The van der Waals surface area contributed by atoms with Crippen molar-refractivity contribution in [1.82, 2.24) is 9.55 Å². The number of hydrogen-bond acceptors (Lipinski definition) is 4. The van der Waals surface area contributed by atoms with E-state index < -0.39 is 5.69 Å². The molecule has 2 rings (SSSR count). The second kappa shape index (κ2) is 4.45. The van der Waals surface area contributed by atoms with E-state index in [1.807, 2.05) is 20.8 Å². The standard InChI is InChI=1S/C13H16N2O3S/c1-7-8(5-16)19-10-9(7)11(17)15(12(18)14-10)6-13(2,3)4/h5H,6H2,1-4H3,(H,14,18). The molecule has 0 aromatic carbocycles. The zero-order valence-electron chi connectivity index (χ0n) is 11.4. The molecule has 0 aliphatic rings. The number of fused-ring (bicyclic) bond motifs is 1. The van der Waals surface area contributed by atoms with Crippen LogP contribution in [0, 0.1) is 12.3 Å². The molecule has 0 atom stereocenters. The number of aromatic nitrogens is 2. The van der Waals surface area contributed by atoms with E-state index in [1.54, 1.807) is 6.92 Å². The molecular formula is C13H16N2O3S. The number of carbonyl (C=O) groups excluding carboxylic acids is 1. The van der Waals surface area contributed by atoms with Gasteiger partial charge in [-0.1, -0.05) is 20.8 Å². The van der Waals surface area contributed by atoms with Crippen LogP contribution in [0.4, 0.5) is 0 Å². The van der Waals surface area contributed by atoms with E-state index in [2.05, 4.69) is 4.98 Å². The van der Waals surface area contributed by atoms with Crippen molar-refractivity contribution in [2.75, 3.05) is 0 Å². The highest BCUT2D eigenvalue weighted by molar-refractivity contribution is 7.20. The fourth-order valence-electron chi connectivity index (χ4n) is 2.00. The summed E-state index contributed by atoms with van der Waals surface area (Å²) in [4.78, 5) is 38.9. The molecular weight excluding hydrogens is 264 g/mol. The van der Waals surface area contributed by atoms with Gasteiger partial charge in [0.15, 0.2) is 6.29 Å². The average Bonchev–Trinajstić information content (AvgIpc) is 2.60. The lowest BCUT2D eigenvalue weighted by Gasteiger charge is -2.18. The first kappa shape index (κ1) is 13.7. The Kier molecular flexibility index (Phi) is 3.22. The van der Waals surface area contributed by atoms with Crippen LogP contribution in [0.15, 0.2) is 9.59 Å². The van der Waals surface area contributed by atoms with Crippen molar-refractivity contribution in [3.63, 3.8) is 0 Å². The van der Waals surface area contributed by atoms with Crippen molar-refractivity contribution in [2.45, 2.75) is 34.2 Å². The molecule has 0 fully saturated rings. The number of rotatable bonds is 2. The Balaban J connectivity index is 2.81. The van der Waals surface area contributed by atoms with Crippen molar-refractivity contribution >= 4 is 27.8 Å². The van der Waals surface area contributed by atoms with E-state index >= 15 is 0 Å². The van der Waals surface area contributed by atoms with Crippen LogP contribution >= 0.6 is 11.3 Å². The lowest BCUT2D eigenvalue weighted by atomic mass is 9.97. The van der Waals surface area contributed by atoms with E-state index in [0.717, 1.165) is 11.3 Å². The summed E-state index contributed by atoms with van der Waals surface area (Å²) in [6.45, 7) is 7.94. The third kappa shape index (κ3) is 2.40. The van der Waals surface area contributed by atoms with Crippen LogP contribution in [0.5, 0.6) is 0 Å². The van der Waals surface area contributed by atoms with Crippen LogP contribution in [-0.2, 0) is 6.54 Å². The summed E-state index contributed by atoms with van der Waals surface area (Å²) in [7, 11) is 0. The zero-order valence-corrected chi connectivity index (χ0v) is 12.2. The Morgan fingerprint density at radius 1 is 1.32 bits per heavy atom. The van der Waals surface area contributed by atoms with Gasteiger partial charge in [0.1, 0.15) is 4.83 Å². The Morgan fingerprint density at radius 2 is 1.95 bits per heavy atom. The van der Waals surface area contributed by atoms with Gasteiger partial charge < -0.3 is 0 Å². The monoisotopic (exact) mass is 280 g/mol. The van der Waals surface area contributed by atoms with Gasteiger partial charge in [0.25, 0.3) is 5.56 Å². The summed E-state index contributed by atoms with van der Waals surface area (Å²) in [5.41, 5.74) is -0.289. The lowest BCUT2D eigenvalue weighted by Crippen LogP contribution is -2.38. The minimum Gasteiger partial charge on any atom is -0.298 e. The molecule has 0 spiro atoms. The molecule has 0 aliphatic carbocycles. The summed E-state index contributed by atoms with van der Waals surface area (Å²) < 4.78 is 1.20. The molecule has 102 valence electrons. The molecule has 0 saturated carbocycles. The maximum Gasteiger partial charge on any atom is 0.329 e. The van der Waals surface area contributed by atoms with Gasteiger partial charge in [-0.05, 0) is 17.9 Å². The molecule has 0 aliphatic heterocycles. The van der Waals surface area contributed by atoms with Crippen molar-refractivity contribution in [1.29, 1.82) is 0 Å². The van der Waals surface area contributed by atoms with E-state index in [0.29, 0.717) is 33.5 Å². The van der Waals surface area contributed by atoms with Gasteiger partial charge in [0.2, 0.25) is 0 Å². The van der Waals surface area contributed by atoms with E-state index in [-0.39, 0.29) is 11.0 Å². The minimum atomic E-state index is -0.425. The first-order chi connectivity index (χ1) is 8.74. The maximum atomic E-state index is 12.4. The zero-order chi connectivity index (χ0) is 14.4. The average molecular weight is 280 g/mol. The van der Waals surface area contributed by atoms with Crippen molar-refractivity contribution in [3.05, 3.63) is 31.3 Å². The van der Waals surface area contributed by atoms with Crippen molar-refractivity contribution in [3.8, 4) is 0 Å². The molecule has 0 amide bonds. The third-order valence-electron chi connectivity index (χ3n) is 2.85. The molecule has 5 nitrogen and oxygen atoms in total. The molecule has 2 aromatic heterocycles. The van der Waals surface area contributed by atoms with Gasteiger partial charge in [0.05, 0.1) is 10.3 Å². The largest absolute Gasteiger partial charge is 0.329 e. The van der Waals surface area contributed by atoms with Gasteiger partial charge in [-0.15, -0.1) is 11.3 Å². The predicted octanol–water partition coefficient (Wildman–Crippen LogP) is 1.92. The quantitative estimate of drug-likeness (QED) is 0.854. The number of nitrogens with one attached hydrogen (secondary N) is 1. The molecule has 6 heteroatoms. The number of aromatic amines is 1. The van der Waals surface area contributed by atoms with Gasteiger partial charge in [-0.2, -0.15) is 0 Å². The summed E-state index contributed by atoms with van der Waals surface area (Å²) in [5, 5.41) is 0.441. The van der Waals surface area contributed by atoms with E-state index in [9.17, 15) is 14.4 Å². The number of aryl methyl sites for hydroxylation is 1. The van der Waals surface area contributed by atoms with Crippen LogP contribution in [0.1, 0.15) is 36.0 Å². The third-order valence-corrected chi connectivity index (χ3v) is 3.98. The highest BCUT2D eigenvalue weighted by Crippen LogP contribution is 2.24. The number of nitrogens with zero attached hydrogens (tertiary/aromatic N) is 1. The van der Waals surface area contributed by atoms with Gasteiger partial charge in [0, 0.05) is 6.54 Å². The van der Waals surface area contributed by atoms with Crippen molar-refractivity contribution < 1.29 is 4.79 Å². The molecule has 19 heavy (non-hydrogen) atoms. The maximum absolute atomic E-state index is 12.4. The van der Waals surface area contributed by atoms with Crippen molar-refractivity contribution in [2.24, 2.45) is 5.41 Å². The Morgan fingerprint density at radius 3 is 2.47 bits per heavy atom. The molecule has 0 radical (unpaired) electrons. The fraction of sp³-hybridized carbons (Fsp3) is 0.462. The first-order valence-corrected chi connectivity index (χ1v) is 6.77. The second-order valence-corrected chi connectivity index (χ2v) is 6.85. The SMILES string of the molecule is Cc1c(C=O)sc2[nH]c(=O)n(CC(C)(C)C)c(=O)c12. The van der Waals surface area contributed by atoms with Crippen LogP contribution in [-0.4, -0.2) is 15.8 Å². The molecule has 1 N–H and O–H groups in total. The number of H-pyrrole nitrogens is 1. The van der Waals surface area contributed by atoms with E-state index in [1.165, 1.54) is 4.57 Å². The normalized spacial score (nSPS) is 12.0. The number of carbonyl (C=O) groups is 1. The molecule has 2 heterocycles. The lowest BCUT2D eigenvalue weighted by molar-refractivity contribution is 0.112. The molecule has 0 saturated heterocycles. The fourth-order valence-corrected chi connectivity index (χ4v) is 3.00. The second-order valence-electron chi connectivity index (χ2n) is 5.80. The van der Waals surface area contributed by atoms with Crippen LogP contribution in [0.3, 0.4) is 0 Å². The topological polar surface area (TPSA) is 71.9 Å². The summed E-state index contributed by atoms with van der Waals surface area (Å²) in [5.74, 6) is 0. The Labute approximate surface area is 113 Å². The number of aldehydes is 1. The van der Waals surface area contributed by atoms with E-state index in [4.69, 9.17) is 0 Å². The first-order valence-electron chi connectivity index (χ1n) is 5.96. The summed E-state index contributed by atoms with van der Waals surface area (Å²) >= 11 is 1.14. The van der Waals surface area contributed by atoms with Crippen LogP contribution in [0.2, 0.25) is 0 Å². The smallest absolute Gasteiger partial charge is 0.298 e. The molecule has 2 aromatic rings. The minimum absolute atomic E-state index is 0.179.